The van der Waals surface area contributed by atoms with Crippen LogP contribution < -0.4 is 4.72 Å². The molecule has 4 nitrogen and oxygen atoms in total. The zero-order valence-electron chi connectivity index (χ0n) is 10.1. The van der Waals surface area contributed by atoms with Gasteiger partial charge in [0, 0.05) is 25.5 Å². The number of hydrogen-bond donors (Lipinski definition) is 1. The highest BCUT2D eigenvalue weighted by Crippen LogP contribution is 2.38. The van der Waals surface area contributed by atoms with E-state index in [4.69, 9.17) is 11.6 Å². The third-order valence-corrected chi connectivity index (χ3v) is 6.10. The third-order valence-electron chi connectivity index (χ3n) is 3.98. The monoisotopic (exact) mass is 280 g/mol. The minimum Gasteiger partial charge on any atom is -0.202 e. The van der Waals surface area contributed by atoms with Gasteiger partial charge in [-0.3, -0.25) is 0 Å². The molecule has 1 N–H and O–H groups in total. The number of nitrogens with one attached hydrogen (secondary N) is 1. The predicted octanol–water partition coefficient (Wildman–Crippen LogP) is 1.72. The molecular formula is C11H21ClN2O2S. The summed E-state index contributed by atoms with van der Waals surface area (Å²) in [5.74, 6) is 0.551. The highest BCUT2D eigenvalue weighted by atomic mass is 35.5. The molecule has 1 saturated carbocycles. The number of nitrogens with zero attached hydrogens (tertiary/aromatic N) is 1. The van der Waals surface area contributed by atoms with Crippen molar-refractivity contribution in [3.8, 4) is 0 Å². The molecular weight excluding hydrogens is 260 g/mol. The topological polar surface area (TPSA) is 49.4 Å². The molecule has 0 bridgehead atoms. The van der Waals surface area contributed by atoms with E-state index in [2.05, 4.69) is 4.72 Å². The Kier molecular flexibility index (Phi) is 4.34. The predicted molar refractivity (Wildman–Crippen MR) is 69.4 cm³/mol. The van der Waals surface area contributed by atoms with Crippen LogP contribution in [0.1, 0.15) is 38.5 Å². The van der Waals surface area contributed by atoms with Gasteiger partial charge in [0.2, 0.25) is 0 Å². The molecule has 0 atom stereocenters. The summed E-state index contributed by atoms with van der Waals surface area (Å²) in [6.45, 7) is 1.81. The normalized spacial score (nSPS) is 25.5. The van der Waals surface area contributed by atoms with Gasteiger partial charge in [0.15, 0.2) is 0 Å². The van der Waals surface area contributed by atoms with Gasteiger partial charge in [0.1, 0.15) is 0 Å². The molecule has 2 rings (SSSR count). The van der Waals surface area contributed by atoms with Gasteiger partial charge in [-0.15, -0.1) is 11.6 Å². The second-order valence-electron chi connectivity index (χ2n) is 5.27. The minimum absolute atomic E-state index is 0.00561. The maximum Gasteiger partial charge on any atom is 0.279 e. The summed E-state index contributed by atoms with van der Waals surface area (Å²) >= 11 is 6.00. The average Bonchev–Trinajstić information content (AvgIpc) is 2.99. The molecule has 1 heterocycles. The van der Waals surface area contributed by atoms with Crippen LogP contribution in [0, 0.1) is 5.41 Å². The van der Waals surface area contributed by atoms with Gasteiger partial charge in [-0.1, -0.05) is 12.8 Å². The zero-order chi connectivity index (χ0) is 12.4. The minimum atomic E-state index is -3.27. The van der Waals surface area contributed by atoms with Crippen molar-refractivity contribution in [3.63, 3.8) is 0 Å². The quantitative estimate of drug-likeness (QED) is 0.780. The third kappa shape index (κ3) is 3.13. The lowest BCUT2D eigenvalue weighted by atomic mass is 9.89. The van der Waals surface area contributed by atoms with Crippen LogP contribution in [-0.4, -0.2) is 38.2 Å². The molecule has 17 heavy (non-hydrogen) atoms. The summed E-state index contributed by atoms with van der Waals surface area (Å²) in [7, 11) is -3.27. The largest absolute Gasteiger partial charge is 0.279 e. The number of rotatable bonds is 5. The van der Waals surface area contributed by atoms with Crippen LogP contribution in [0.15, 0.2) is 0 Å². The van der Waals surface area contributed by atoms with Crippen molar-refractivity contribution >= 4 is 21.8 Å². The van der Waals surface area contributed by atoms with E-state index >= 15 is 0 Å². The van der Waals surface area contributed by atoms with E-state index in [-0.39, 0.29) is 5.41 Å². The molecule has 0 radical (unpaired) electrons. The van der Waals surface area contributed by atoms with Gasteiger partial charge >= 0.3 is 0 Å². The molecule has 0 unspecified atom stereocenters. The fraction of sp³-hybridized carbons (Fsp3) is 1.00. The molecule has 0 aromatic heterocycles. The smallest absolute Gasteiger partial charge is 0.202 e. The maximum absolute atomic E-state index is 12.0. The Bertz CT molecular complexity index is 346. The van der Waals surface area contributed by atoms with Crippen LogP contribution in [0.3, 0.4) is 0 Å². The standard InChI is InChI=1S/C11H21ClN2O2S/c12-9-11(5-1-2-6-11)10-13-17(15,16)14-7-3-4-8-14/h13H,1-10H2. The Morgan fingerprint density at radius 1 is 1.12 bits per heavy atom. The number of halogens is 1. The molecule has 1 aliphatic heterocycles. The van der Waals surface area contributed by atoms with Crippen LogP contribution >= 0.6 is 11.6 Å². The molecule has 100 valence electrons. The first kappa shape index (κ1) is 13.6. The van der Waals surface area contributed by atoms with E-state index in [0.717, 1.165) is 38.5 Å². The van der Waals surface area contributed by atoms with Gasteiger partial charge in [0.25, 0.3) is 10.2 Å². The van der Waals surface area contributed by atoms with E-state index in [1.807, 2.05) is 0 Å². The van der Waals surface area contributed by atoms with Crippen molar-refractivity contribution in [3.05, 3.63) is 0 Å². The molecule has 2 fully saturated rings. The fourth-order valence-electron chi connectivity index (χ4n) is 2.75. The second kappa shape index (κ2) is 5.43. The van der Waals surface area contributed by atoms with Crippen molar-refractivity contribution < 1.29 is 8.42 Å². The van der Waals surface area contributed by atoms with Crippen molar-refractivity contribution in [2.24, 2.45) is 5.41 Å². The lowest BCUT2D eigenvalue weighted by Crippen LogP contribution is -2.44. The first-order valence-electron chi connectivity index (χ1n) is 6.39. The Balaban J connectivity index is 1.92. The van der Waals surface area contributed by atoms with Crippen molar-refractivity contribution in [1.29, 1.82) is 0 Å². The Hall–Kier alpha value is 0.160. The first-order valence-corrected chi connectivity index (χ1v) is 8.36. The molecule has 0 amide bonds. The SMILES string of the molecule is O=S(=O)(NCC1(CCl)CCCC1)N1CCCC1. The van der Waals surface area contributed by atoms with E-state index < -0.39 is 10.2 Å². The van der Waals surface area contributed by atoms with Crippen molar-refractivity contribution in [2.75, 3.05) is 25.5 Å². The Morgan fingerprint density at radius 3 is 2.24 bits per heavy atom. The van der Waals surface area contributed by atoms with Crippen LogP contribution in [0.2, 0.25) is 0 Å². The van der Waals surface area contributed by atoms with E-state index in [1.165, 1.54) is 0 Å². The average molecular weight is 281 g/mol. The zero-order valence-corrected chi connectivity index (χ0v) is 11.7. The van der Waals surface area contributed by atoms with Crippen LogP contribution in [0.4, 0.5) is 0 Å². The van der Waals surface area contributed by atoms with E-state index in [9.17, 15) is 8.42 Å². The van der Waals surface area contributed by atoms with Gasteiger partial charge in [-0.2, -0.15) is 12.7 Å². The molecule has 2 aliphatic rings. The van der Waals surface area contributed by atoms with Gasteiger partial charge in [-0.05, 0) is 31.1 Å². The fourth-order valence-corrected chi connectivity index (χ4v) is 4.52. The van der Waals surface area contributed by atoms with E-state index in [1.54, 1.807) is 4.31 Å². The summed E-state index contributed by atoms with van der Waals surface area (Å²) in [5.41, 5.74) is -0.00561. The molecule has 6 heteroatoms. The number of alkyl halides is 1. The Labute approximate surface area is 109 Å². The summed E-state index contributed by atoms with van der Waals surface area (Å²) in [5, 5.41) is 0. The van der Waals surface area contributed by atoms with Gasteiger partial charge in [-0.25, -0.2) is 4.72 Å². The molecule has 1 aliphatic carbocycles. The lowest BCUT2D eigenvalue weighted by molar-refractivity contribution is 0.336. The van der Waals surface area contributed by atoms with Crippen LogP contribution in [-0.2, 0) is 10.2 Å². The first-order chi connectivity index (χ1) is 8.08. The van der Waals surface area contributed by atoms with E-state index in [0.29, 0.717) is 25.5 Å². The molecule has 0 spiro atoms. The van der Waals surface area contributed by atoms with Gasteiger partial charge in [0.05, 0.1) is 0 Å². The molecule has 0 aromatic carbocycles. The highest BCUT2D eigenvalue weighted by Gasteiger charge is 2.35. The van der Waals surface area contributed by atoms with Crippen LogP contribution in [0.25, 0.3) is 0 Å². The summed E-state index contributed by atoms with van der Waals surface area (Å²) < 4.78 is 28.3. The summed E-state index contributed by atoms with van der Waals surface area (Å²) in [6.07, 6.45) is 6.36. The van der Waals surface area contributed by atoms with Gasteiger partial charge < -0.3 is 0 Å². The summed E-state index contributed by atoms with van der Waals surface area (Å²) in [6, 6.07) is 0. The van der Waals surface area contributed by atoms with Crippen molar-refractivity contribution in [2.45, 2.75) is 38.5 Å². The maximum atomic E-state index is 12.0. The number of hydrogen-bond acceptors (Lipinski definition) is 2. The molecule has 1 saturated heterocycles. The highest BCUT2D eigenvalue weighted by molar-refractivity contribution is 7.87. The van der Waals surface area contributed by atoms with Crippen LogP contribution in [0.5, 0.6) is 0 Å². The van der Waals surface area contributed by atoms with Crippen molar-refractivity contribution in [1.82, 2.24) is 9.03 Å². The lowest BCUT2D eigenvalue weighted by Gasteiger charge is -2.27. The Morgan fingerprint density at radius 2 is 1.71 bits per heavy atom. The molecule has 0 aromatic rings. The second-order valence-corrected chi connectivity index (χ2v) is 7.30. The summed E-state index contributed by atoms with van der Waals surface area (Å²) in [4.78, 5) is 0.